The van der Waals surface area contributed by atoms with Gasteiger partial charge < -0.3 is 9.84 Å². The third kappa shape index (κ3) is 1.74. The number of hydrogen-bond donors (Lipinski definition) is 1. The van der Waals surface area contributed by atoms with Crippen molar-refractivity contribution in [3.8, 4) is 0 Å². The second-order valence-corrected chi connectivity index (χ2v) is 4.66. The minimum atomic E-state index is -0.929. The van der Waals surface area contributed by atoms with Crippen molar-refractivity contribution >= 4 is 5.97 Å². The molecule has 1 N–H and O–H groups in total. The third-order valence-electron chi connectivity index (χ3n) is 3.78. The molecule has 0 unspecified atom stereocenters. The molecule has 1 aliphatic rings. The van der Waals surface area contributed by atoms with Crippen molar-refractivity contribution in [3.05, 3.63) is 17.0 Å². The van der Waals surface area contributed by atoms with Gasteiger partial charge >= 0.3 is 5.97 Å². The van der Waals surface area contributed by atoms with Crippen LogP contribution in [0.2, 0.25) is 0 Å². The summed E-state index contributed by atoms with van der Waals surface area (Å²) in [4.78, 5) is 11.6. The van der Waals surface area contributed by atoms with E-state index in [0.29, 0.717) is 26.1 Å². The molecule has 0 amide bonds. The molecule has 1 aromatic heterocycles. The number of aliphatic carboxylic acids is 1. The van der Waals surface area contributed by atoms with Crippen LogP contribution in [0.1, 0.15) is 29.8 Å². The zero-order valence-electron chi connectivity index (χ0n) is 10.5. The molecule has 17 heavy (non-hydrogen) atoms. The van der Waals surface area contributed by atoms with Gasteiger partial charge in [-0.15, -0.1) is 0 Å². The first-order chi connectivity index (χ1) is 7.99. The van der Waals surface area contributed by atoms with Gasteiger partial charge in [-0.3, -0.25) is 4.68 Å². The summed E-state index contributed by atoms with van der Waals surface area (Å²) in [6.45, 7) is 6.76. The molecule has 2 rings (SSSR count). The number of ether oxygens (including phenoxy) is 1. The van der Waals surface area contributed by atoms with Crippen LogP contribution in [0.25, 0.3) is 0 Å². The predicted molar refractivity (Wildman–Crippen MR) is 62.1 cm³/mol. The van der Waals surface area contributed by atoms with Gasteiger partial charge in [-0.2, -0.15) is 5.10 Å². The molecular weight excluding hydrogens is 220 g/mol. The maximum Gasteiger partial charge on any atom is 0.331 e. The molecule has 1 saturated heterocycles. The van der Waals surface area contributed by atoms with Crippen LogP contribution in [0.5, 0.6) is 0 Å². The summed E-state index contributed by atoms with van der Waals surface area (Å²) in [6.07, 6.45) is 0.952. The van der Waals surface area contributed by atoms with Crippen molar-refractivity contribution in [1.82, 2.24) is 9.78 Å². The van der Waals surface area contributed by atoms with Crippen LogP contribution < -0.4 is 0 Å². The first-order valence-corrected chi connectivity index (χ1v) is 5.83. The molecule has 1 fully saturated rings. The maximum atomic E-state index is 11.6. The number of hydrogen-bond acceptors (Lipinski definition) is 3. The number of aryl methyl sites for hydroxylation is 1. The van der Waals surface area contributed by atoms with Crippen LogP contribution in [0.4, 0.5) is 0 Å². The molecule has 0 spiro atoms. The fourth-order valence-corrected chi connectivity index (χ4v) is 2.36. The van der Waals surface area contributed by atoms with Gasteiger partial charge in [0.25, 0.3) is 0 Å². The summed E-state index contributed by atoms with van der Waals surface area (Å²) in [5.74, 6) is -0.814. The molecule has 0 saturated carbocycles. The topological polar surface area (TPSA) is 64.4 Å². The highest BCUT2D eigenvalue weighted by atomic mass is 16.5. The second kappa shape index (κ2) is 4.14. The Morgan fingerprint density at radius 1 is 1.35 bits per heavy atom. The SMILES string of the molecule is Cc1nn(C2(C(=O)O)CCOCC2)c(C)c1C. The van der Waals surface area contributed by atoms with Crippen molar-refractivity contribution < 1.29 is 14.6 Å². The zero-order valence-corrected chi connectivity index (χ0v) is 10.5. The second-order valence-electron chi connectivity index (χ2n) is 4.66. The lowest BCUT2D eigenvalue weighted by Gasteiger charge is -2.34. The predicted octanol–water partition coefficient (Wildman–Crippen LogP) is 1.40. The van der Waals surface area contributed by atoms with Crippen molar-refractivity contribution in [3.63, 3.8) is 0 Å². The molecule has 0 atom stereocenters. The average molecular weight is 238 g/mol. The van der Waals surface area contributed by atoms with Gasteiger partial charge in [0, 0.05) is 31.7 Å². The molecule has 5 heteroatoms. The summed E-state index contributed by atoms with van der Waals surface area (Å²) >= 11 is 0. The Labute approximate surface area is 100 Å². The first kappa shape index (κ1) is 12.1. The van der Waals surface area contributed by atoms with Gasteiger partial charge in [0.1, 0.15) is 0 Å². The van der Waals surface area contributed by atoms with E-state index in [0.717, 1.165) is 17.0 Å². The minimum absolute atomic E-state index is 0.476. The van der Waals surface area contributed by atoms with E-state index in [2.05, 4.69) is 5.10 Å². The van der Waals surface area contributed by atoms with Gasteiger partial charge in [0.2, 0.25) is 0 Å². The van der Waals surface area contributed by atoms with Gasteiger partial charge in [0.05, 0.1) is 5.69 Å². The Kier molecular flexibility index (Phi) is 2.95. The fraction of sp³-hybridized carbons (Fsp3) is 0.667. The summed E-state index contributed by atoms with van der Waals surface area (Å²) in [5.41, 5.74) is 1.97. The van der Waals surface area contributed by atoms with Gasteiger partial charge in [-0.25, -0.2) is 4.79 Å². The van der Waals surface area contributed by atoms with Crippen LogP contribution >= 0.6 is 0 Å². The first-order valence-electron chi connectivity index (χ1n) is 5.83. The van der Waals surface area contributed by atoms with E-state index in [-0.39, 0.29) is 0 Å². The lowest BCUT2D eigenvalue weighted by atomic mass is 9.90. The number of carboxylic acid groups (broad SMARTS) is 1. The van der Waals surface area contributed by atoms with Crippen LogP contribution in [0.15, 0.2) is 0 Å². The van der Waals surface area contributed by atoms with Crippen molar-refractivity contribution in [1.29, 1.82) is 0 Å². The van der Waals surface area contributed by atoms with E-state index < -0.39 is 11.5 Å². The lowest BCUT2D eigenvalue weighted by Crippen LogP contribution is -2.47. The van der Waals surface area contributed by atoms with E-state index in [1.54, 1.807) is 4.68 Å². The van der Waals surface area contributed by atoms with Gasteiger partial charge in [-0.05, 0) is 26.3 Å². The highest BCUT2D eigenvalue weighted by Gasteiger charge is 2.44. The van der Waals surface area contributed by atoms with Crippen molar-refractivity contribution in [2.24, 2.45) is 0 Å². The smallest absolute Gasteiger partial charge is 0.331 e. The Morgan fingerprint density at radius 2 is 1.94 bits per heavy atom. The summed E-state index contributed by atoms with van der Waals surface area (Å²) in [5, 5.41) is 14.0. The van der Waals surface area contributed by atoms with E-state index in [9.17, 15) is 9.90 Å². The minimum Gasteiger partial charge on any atom is -0.479 e. The average Bonchev–Trinajstić information content (AvgIpc) is 2.58. The molecule has 1 aliphatic heterocycles. The Hall–Kier alpha value is -1.36. The van der Waals surface area contributed by atoms with Crippen LogP contribution in [0, 0.1) is 20.8 Å². The summed E-state index contributed by atoms with van der Waals surface area (Å²) in [7, 11) is 0. The van der Waals surface area contributed by atoms with Crippen LogP contribution in [-0.4, -0.2) is 34.1 Å². The van der Waals surface area contributed by atoms with Crippen molar-refractivity contribution in [2.45, 2.75) is 39.2 Å². The number of aromatic nitrogens is 2. The molecule has 1 aromatic rings. The number of carboxylic acids is 1. The molecule has 0 aliphatic carbocycles. The standard InChI is InChI=1S/C12H18N2O3/c1-8-9(2)13-14(10(8)3)12(11(15)16)4-6-17-7-5-12/h4-7H2,1-3H3,(H,15,16). The van der Waals surface area contributed by atoms with E-state index in [1.165, 1.54) is 0 Å². The van der Waals surface area contributed by atoms with Crippen LogP contribution in [0.3, 0.4) is 0 Å². The van der Waals surface area contributed by atoms with Crippen molar-refractivity contribution in [2.75, 3.05) is 13.2 Å². The molecular formula is C12H18N2O3. The highest BCUT2D eigenvalue weighted by molar-refractivity contribution is 5.77. The lowest BCUT2D eigenvalue weighted by molar-refractivity contribution is -0.153. The Balaban J connectivity index is 2.52. The molecule has 0 aromatic carbocycles. The monoisotopic (exact) mass is 238 g/mol. The molecule has 94 valence electrons. The van der Waals surface area contributed by atoms with E-state index >= 15 is 0 Å². The van der Waals surface area contributed by atoms with E-state index in [4.69, 9.17) is 4.74 Å². The largest absolute Gasteiger partial charge is 0.479 e. The quantitative estimate of drug-likeness (QED) is 0.845. The fourth-order valence-electron chi connectivity index (χ4n) is 2.36. The Bertz CT molecular complexity index is 445. The summed E-state index contributed by atoms with van der Waals surface area (Å²) in [6, 6.07) is 0. The van der Waals surface area contributed by atoms with Gasteiger partial charge in [-0.1, -0.05) is 0 Å². The maximum absolute atomic E-state index is 11.6. The molecule has 0 bridgehead atoms. The normalized spacial score (nSPS) is 19.2. The number of nitrogens with zero attached hydrogens (tertiary/aromatic N) is 2. The zero-order chi connectivity index (χ0) is 12.6. The molecule has 0 radical (unpaired) electrons. The number of rotatable bonds is 2. The van der Waals surface area contributed by atoms with Crippen LogP contribution in [-0.2, 0) is 15.1 Å². The summed E-state index contributed by atoms with van der Waals surface area (Å²) < 4.78 is 6.95. The number of carbonyl (C=O) groups is 1. The van der Waals surface area contributed by atoms with Gasteiger partial charge in [0.15, 0.2) is 5.54 Å². The highest BCUT2D eigenvalue weighted by Crippen LogP contribution is 2.31. The third-order valence-corrected chi connectivity index (χ3v) is 3.78. The van der Waals surface area contributed by atoms with E-state index in [1.807, 2.05) is 20.8 Å². The Morgan fingerprint density at radius 3 is 2.35 bits per heavy atom. The molecule has 2 heterocycles. The molecule has 5 nitrogen and oxygen atoms in total.